The Kier molecular flexibility index (Phi) is 8.57. The Bertz CT molecular complexity index is 632. The van der Waals surface area contributed by atoms with Crippen LogP contribution in [-0.2, 0) is 9.47 Å². The van der Waals surface area contributed by atoms with E-state index in [-0.39, 0.29) is 30.4 Å². The number of rotatable bonds is 11. The molecule has 0 spiro atoms. The maximum Gasteiger partial charge on any atom is 0.353 e. The minimum atomic E-state index is -0.612. The number of hydrogen-bond acceptors (Lipinski definition) is 10. The van der Waals surface area contributed by atoms with Gasteiger partial charge in [0.2, 0.25) is 11.6 Å². The Morgan fingerprint density at radius 1 is 1.08 bits per heavy atom. The predicted octanol–water partition coefficient (Wildman–Crippen LogP) is 0.338. The van der Waals surface area contributed by atoms with Crippen LogP contribution in [0.3, 0.4) is 0 Å². The average Bonchev–Trinajstić information content (AvgIpc) is 2.61. The molecule has 1 rings (SSSR count). The summed E-state index contributed by atoms with van der Waals surface area (Å²) in [5.74, 6) is 0.0166. The fourth-order valence-electron chi connectivity index (χ4n) is 2.09. The maximum atomic E-state index is 11.7. The van der Waals surface area contributed by atoms with Gasteiger partial charge in [0.15, 0.2) is 0 Å². The molecular weight excluding hydrogens is 330 g/mol. The normalized spacial score (nSPS) is 9.92. The first kappa shape index (κ1) is 20.0. The van der Waals surface area contributed by atoms with Gasteiger partial charge in [-0.3, -0.25) is 10.1 Å². The third-order valence-corrected chi connectivity index (χ3v) is 3.22. The van der Waals surface area contributed by atoms with Gasteiger partial charge in [-0.1, -0.05) is 0 Å². The van der Waals surface area contributed by atoms with Crippen molar-refractivity contribution in [3.63, 3.8) is 0 Å². The van der Waals surface area contributed by atoms with Gasteiger partial charge in [0.1, 0.15) is 19.4 Å². The van der Waals surface area contributed by atoms with Crippen LogP contribution < -0.4 is 9.80 Å². The van der Waals surface area contributed by atoms with Crippen LogP contribution in [-0.4, -0.2) is 68.5 Å². The second-order valence-electron chi connectivity index (χ2n) is 4.77. The highest BCUT2D eigenvalue weighted by Gasteiger charge is 2.30. The fraction of sp³-hybridized carbons (Fsp3) is 0.571. The van der Waals surface area contributed by atoms with Crippen LogP contribution >= 0.6 is 0 Å². The maximum absolute atomic E-state index is 11.7. The van der Waals surface area contributed by atoms with Gasteiger partial charge in [0.25, 0.3) is 0 Å². The van der Waals surface area contributed by atoms with Crippen molar-refractivity contribution in [2.24, 2.45) is 0 Å². The van der Waals surface area contributed by atoms with Gasteiger partial charge < -0.3 is 19.3 Å². The van der Waals surface area contributed by atoms with Crippen molar-refractivity contribution in [2.45, 2.75) is 0 Å². The molecule has 0 bridgehead atoms. The first-order chi connectivity index (χ1) is 12.1. The van der Waals surface area contributed by atoms with Gasteiger partial charge in [-0.25, -0.2) is 9.97 Å². The molecule has 11 heteroatoms. The number of nitrogens with zero attached hydrogens (tertiary/aromatic N) is 7. The van der Waals surface area contributed by atoms with Crippen molar-refractivity contribution in [3.05, 3.63) is 16.4 Å². The minimum Gasteiger partial charge on any atom is -0.383 e. The lowest BCUT2D eigenvalue weighted by atomic mass is 10.3. The molecule has 1 aromatic rings. The SMILES string of the molecule is COCCN(CCOC)c1ncnc(N(CC#N)CC#N)c1[N+](=O)[O-]. The lowest BCUT2D eigenvalue weighted by Gasteiger charge is -2.24. The van der Waals surface area contributed by atoms with E-state index >= 15 is 0 Å². The molecule has 0 aliphatic heterocycles. The van der Waals surface area contributed by atoms with Crippen LogP contribution in [0.4, 0.5) is 17.3 Å². The van der Waals surface area contributed by atoms with E-state index in [0.29, 0.717) is 26.3 Å². The monoisotopic (exact) mass is 349 g/mol. The summed E-state index contributed by atoms with van der Waals surface area (Å²) in [6, 6.07) is 3.75. The molecular formula is C14H19N7O4. The predicted molar refractivity (Wildman–Crippen MR) is 88.1 cm³/mol. The van der Waals surface area contributed by atoms with Crippen molar-refractivity contribution < 1.29 is 14.4 Å². The number of aromatic nitrogens is 2. The molecule has 1 aromatic heterocycles. The van der Waals surface area contributed by atoms with E-state index in [9.17, 15) is 10.1 Å². The average molecular weight is 349 g/mol. The molecule has 11 nitrogen and oxygen atoms in total. The van der Waals surface area contributed by atoms with E-state index in [1.165, 1.54) is 25.4 Å². The van der Waals surface area contributed by atoms with Crippen LogP contribution in [0.15, 0.2) is 6.33 Å². The van der Waals surface area contributed by atoms with Crippen LogP contribution in [0.5, 0.6) is 0 Å². The van der Waals surface area contributed by atoms with Gasteiger partial charge in [-0.05, 0) is 0 Å². The number of hydrogen-bond donors (Lipinski definition) is 0. The largest absolute Gasteiger partial charge is 0.383 e. The number of nitro groups is 1. The van der Waals surface area contributed by atoms with Gasteiger partial charge in [0.05, 0.1) is 30.3 Å². The Morgan fingerprint density at radius 3 is 1.96 bits per heavy atom. The molecule has 0 aromatic carbocycles. The Balaban J connectivity index is 3.38. The highest BCUT2D eigenvalue weighted by molar-refractivity contribution is 5.71. The van der Waals surface area contributed by atoms with E-state index in [2.05, 4.69) is 9.97 Å². The summed E-state index contributed by atoms with van der Waals surface area (Å²) in [4.78, 5) is 21.9. The van der Waals surface area contributed by atoms with Gasteiger partial charge >= 0.3 is 5.69 Å². The highest BCUT2D eigenvalue weighted by atomic mass is 16.6. The van der Waals surface area contributed by atoms with Gasteiger partial charge in [-0.15, -0.1) is 0 Å². The smallest absolute Gasteiger partial charge is 0.353 e. The van der Waals surface area contributed by atoms with Crippen LogP contribution in [0.1, 0.15) is 0 Å². The fourth-order valence-corrected chi connectivity index (χ4v) is 2.09. The molecule has 0 radical (unpaired) electrons. The molecule has 0 saturated carbocycles. The summed E-state index contributed by atoms with van der Waals surface area (Å²) in [6.07, 6.45) is 1.17. The van der Waals surface area contributed by atoms with Crippen molar-refractivity contribution in [2.75, 3.05) is 63.4 Å². The first-order valence-electron chi connectivity index (χ1n) is 7.31. The molecule has 1 heterocycles. The third kappa shape index (κ3) is 5.53. The summed E-state index contributed by atoms with van der Waals surface area (Å²) in [6.45, 7) is 0.962. The molecule has 0 aliphatic rings. The van der Waals surface area contributed by atoms with Crippen molar-refractivity contribution in [3.8, 4) is 12.1 Å². The Hall–Kier alpha value is -3.02. The number of methoxy groups -OCH3 is 2. The molecule has 134 valence electrons. The number of anilines is 2. The van der Waals surface area contributed by atoms with Gasteiger partial charge in [-0.2, -0.15) is 10.5 Å². The standard InChI is InChI=1S/C14H19N7O4/c1-24-9-7-20(8-10-25-2)14-12(21(22)23)13(17-11-18-14)19(5-3-15)6-4-16/h11H,5-10H2,1-2H3. The molecule has 0 aliphatic carbocycles. The zero-order chi connectivity index (χ0) is 18.7. The van der Waals surface area contributed by atoms with Crippen molar-refractivity contribution in [1.82, 2.24) is 9.97 Å². The molecule has 0 N–H and O–H groups in total. The van der Waals surface area contributed by atoms with Crippen molar-refractivity contribution in [1.29, 1.82) is 10.5 Å². The minimum absolute atomic E-state index is 0.0714. The summed E-state index contributed by atoms with van der Waals surface area (Å²) in [5, 5.41) is 29.5. The topological polar surface area (TPSA) is 141 Å². The van der Waals surface area contributed by atoms with E-state index in [4.69, 9.17) is 20.0 Å². The van der Waals surface area contributed by atoms with Crippen molar-refractivity contribution >= 4 is 17.3 Å². The third-order valence-electron chi connectivity index (χ3n) is 3.22. The zero-order valence-corrected chi connectivity index (χ0v) is 14.1. The van der Waals surface area contributed by atoms with Gasteiger partial charge in [0, 0.05) is 27.3 Å². The molecule has 0 unspecified atom stereocenters. The Labute approximate surface area is 145 Å². The Morgan fingerprint density at radius 2 is 1.56 bits per heavy atom. The highest BCUT2D eigenvalue weighted by Crippen LogP contribution is 2.33. The number of ether oxygens (including phenoxy) is 2. The molecule has 0 saturated heterocycles. The summed E-state index contributed by atoms with van der Waals surface area (Å²) in [5.41, 5.74) is -0.361. The van der Waals surface area contributed by atoms with E-state index in [0.717, 1.165) is 0 Å². The summed E-state index contributed by atoms with van der Waals surface area (Å²) in [7, 11) is 3.05. The quantitative estimate of drug-likeness (QED) is 0.312. The van der Waals surface area contributed by atoms with E-state index < -0.39 is 4.92 Å². The lowest BCUT2D eigenvalue weighted by molar-refractivity contribution is -0.383. The van der Waals surface area contributed by atoms with Crippen LogP contribution in [0.25, 0.3) is 0 Å². The summed E-state index contributed by atoms with van der Waals surface area (Å²) >= 11 is 0. The first-order valence-corrected chi connectivity index (χ1v) is 7.31. The number of nitriles is 2. The molecule has 25 heavy (non-hydrogen) atoms. The molecule has 0 atom stereocenters. The second-order valence-corrected chi connectivity index (χ2v) is 4.77. The van der Waals surface area contributed by atoms with Crippen LogP contribution in [0.2, 0.25) is 0 Å². The van der Waals surface area contributed by atoms with E-state index in [1.54, 1.807) is 4.90 Å². The molecule has 0 fully saturated rings. The zero-order valence-electron chi connectivity index (χ0n) is 14.1. The second kappa shape index (κ2) is 10.7. The summed E-state index contributed by atoms with van der Waals surface area (Å²) < 4.78 is 10.1. The van der Waals surface area contributed by atoms with Crippen LogP contribution in [0, 0.1) is 32.8 Å². The van der Waals surface area contributed by atoms with E-state index in [1.807, 2.05) is 12.1 Å². The molecule has 0 amide bonds. The lowest BCUT2D eigenvalue weighted by Crippen LogP contribution is -2.33.